The van der Waals surface area contributed by atoms with E-state index in [0.29, 0.717) is 27.5 Å². The fraction of sp³-hybridized carbons (Fsp3) is 0.244. The van der Waals surface area contributed by atoms with Crippen molar-refractivity contribution in [2.24, 2.45) is 23.7 Å². The number of carbonyl (C=O) groups is 5. The Kier molecular flexibility index (Phi) is 9.37. The van der Waals surface area contributed by atoms with Gasteiger partial charge in [0.15, 0.2) is 11.5 Å². The molecule has 2 aliphatic carbocycles. The number of carbonyl (C=O) groups excluding carboxylic acids is 4. The smallest absolute Gasteiger partial charge is 0.335 e. The first-order valence-corrected chi connectivity index (χ1v) is 19.1. The molecule has 4 aliphatic rings. The molecule has 3 fully saturated rings. The number of hydrogen-bond acceptors (Lipinski definition) is 9. The van der Waals surface area contributed by atoms with E-state index in [-0.39, 0.29) is 50.8 Å². The highest BCUT2D eigenvalue weighted by Gasteiger charge is 2.70. The van der Waals surface area contributed by atoms with Gasteiger partial charge in [-0.1, -0.05) is 53.1 Å². The summed E-state index contributed by atoms with van der Waals surface area (Å²) in [5, 5.41) is 22.1. The van der Waals surface area contributed by atoms with Crippen LogP contribution in [0.3, 0.4) is 0 Å². The number of carboxylic acid groups (broad SMARTS) is 1. The van der Waals surface area contributed by atoms with Gasteiger partial charge in [0, 0.05) is 10.9 Å². The number of fused-ring (bicyclic) bond motifs is 4. The number of hydrazine groups is 1. The molecule has 56 heavy (non-hydrogen) atoms. The Morgan fingerprint density at radius 1 is 0.911 bits per heavy atom. The molecule has 2 heterocycles. The van der Waals surface area contributed by atoms with Crippen LogP contribution in [0.1, 0.15) is 40.2 Å². The van der Waals surface area contributed by atoms with E-state index in [0.717, 1.165) is 9.91 Å². The van der Waals surface area contributed by atoms with Gasteiger partial charge in [0.1, 0.15) is 5.75 Å². The number of carboxylic acids is 1. The maximum absolute atomic E-state index is 15.5. The van der Waals surface area contributed by atoms with Crippen molar-refractivity contribution in [1.29, 1.82) is 0 Å². The molecule has 6 atom stereocenters. The van der Waals surface area contributed by atoms with Crippen molar-refractivity contribution in [1.82, 2.24) is 5.01 Å². The Bertz CT molecular complexity index is 2410. The van der Waals surface area contributed by atoms with E-state index in [9.17, 15) is 29.4 Å². The van der Waals surface area contributed by atoms with Crippen LogP contribution < -0.4 is 19.8 Å². The van der Waals surface area contributed by atoms with E-state index in [2.05, 4.69) is 21.4 Å². The largest absolute Gasteiger partial charge is 0.503 e. The normalized spacial score (nSPS) is 25.4. The van der Waals surface area contributed by atoms with Crippen LogP contribution in [0.5, 0.6) is 17.2 Å². The molecule has 0 aromatic heterocycles. The Balaban J connectivity index is 1.34. The van der Waals surface area contributed by atoms with E-state index in [4.69, 9.17) is 32.7 Å². The van der Waals surface area contributed by atoms with Crippen molar-refractivity contribution in [3.05, 3.63) is 122 Å². The molecule has 8 rings (SSSR count). The highest BCUT2D eigenvalue weighted by Crippen LogP contribution is 2.65. The third kappa shape index (κ3) is 5.58. The van der Waals surface area contributed by atoms with Crippen LogP contribution in [-0.2, 0) is 24.6 Å². The maximum atomic E-state index is 15.5. The zero-order valence-electron chi connectivity index (χ0n) is 29.7. The number of phenolic OH excluding ortho intramolecular Hbond substituents is 1. The predicted molar refractivity (Wildman–Crippen MR) is 209 cm³/mol. The highest BCUT2D eigenvalue weighted by molar-refractivity contribution is 9.10. The van der Waals surface area contributed by atoms with Crippen molar-refractivity contribution < 1.29 is 43.7 Å². The molecule has 6 unspecified atom stereocenters. The van der Waals surface area contributed by atoms with Gasteiger partial charge < -0.3 is 19.7 Å². The van der Waals surface area contributed by atoms with Crippen LogP contribution in [0, 0.1) is 23.7 Å². The first-order valence-electron chi connectivity index (χ1n) is 17.5. The molecule has 0 radical (unpaired) electrons. The molecule has 15 heteroatoms. The Morgan fingerprint density at radius 2 is 1.66 bits per heavy atom. The number of benzene rings is 4. The number of phenols is 1. The molecule has 4 amide bonds. The number of nitrogens with zero attached hydrogens (tertiary/aromatic N) is 2. The van der Waals surface area contributed by atoms with Crippen LogP contribution in [-0.4, -0.2) is 59.0 Å². The lowest BCUT2D eigenvalue weighted by atomic mass is 9.49. The van der Waals surface area contributed by atoms with Gasteiger partial charge >= 0.3 is 5.97 Å². The minimum Gasteiger partial charge on any atom is -0.503 e. The van der Waals surface area contributed by atoms with E-state index in [1.54, 1.807) is 48.5 Å². The summed E-state index contributed by atoms with van der Waals surface area (Å²) in [7, 11) is 2.91. The highest BCUT2D eigenvalue weighted by atomic mass is 79.9. The summed E-state index contributed by atoms with van der Waals surface area (Å²) >= 11 is 16.2. The number of anilines is 2. The fourth-order valence-corrected chi connectivity index (χ4v) is 10.1. The summed E-state index contributed by atoms with van der Waals surface area (Å²) in [6, 6.07) is 20.4. The topological polar surface area (TPSA) is 163 Å². The third-order valence-electron chi connectivity index (χ3n) is 11.5. The molecule has 12 nitrogen and oxygen atoms in total. The lowest BCUT2D eigenvalue weighted by molar-refractivity contribution is -0.138. The maximum Gasteiger partial charge on any atom is 0.335 e. The first-order chi connectivity index (χ1) is 26.8. The second-order valence-corrected chi connectivity index (χ2v) is 15.8. The second kappa shape index (κ2) is 14.0. The summed E-state index contributed by atoms with van der Waals surface area (Å²) in [5.74, 6) is -7.48. The number of amides is 4. The molecule has 2 saturated heterocycles. The summed E-state index contributed by atoms with van der Waals surface area (Å²) < 4.78 is 11.3. The first kappa shape index (κ1) is 37.5. The Hall–Kier alpha value is -5.37. The van der Waals surface area contributed by atoms with Crippen molar-refractivity contribution in [3.8, 4) is 17.2 Å². The molecule has 2 aliphatic heterocycles. The molecule has 0 bridgehead atoms. The van der Waals surface area contributed by atoms with Crippen molar-refractivity contribution >= 4 is 80.1 Å². The van der Waals surface area contributed by atoms with Crippen LogP contribution in [0.25, 0.3) is 0 Å². The SMILES string of the molecule is COc1ccc(C23C(=O)N(Nc4ccc(Cl)cc4Cl)C(=O)C2CC2C(=CCC4C(=O)N(c5cccc(C(=O)O)c5)C(=O)C42)C3c2cc(Br)c(O)c(OC)c2)cc1. The summed E-state index contributed by atoms with van der Waals surface area (Å²) in [5.41, 5.74) is 3.25. The molecular formula is C41H32BrCl2N3O9. The lowest BCUT2D eigenvalue weighted by Crippen LogP contribution is -2.53. The van der Waals surface area contributed by atoms with Crippen LogP contribution in [0.15, 0.2) is 95.0 Å². The number of nitrogens with one attached hydrogen (secondary N) is 1. The number of aromatic hydroxyl groups is 1. The zero-order valence-corrected chi connectivity index (χ0v) is 32.8. The summed E-state index contributed by atoms with van der Waals surface area (Å²) in [6.07, 6.45) is 2.03. The van der Waals surface area contributed by atoms with Gasteiger partial charge in [0.25, 0.3) is 11.8 Å². The van der Waals surface area contributed by atoms with Crippen LogP contribution in [0.4, 0.5) is 11.4 Å². The van der Waals surface area contributed by atoms with Gasteiger partial charge in [-0.15, -0.1) is 0 Å². The average molecular weight is 862 g/mol. The number of halogens is 3. The Labute approximate surface area is 338 Å². The molecule has 4 aromatic carbocycles. The number of rotatable bonds is 8. The zero-order chi connectivity index (χ0) is 39.8. The monoisotopic (exact) mass is 859 g/mol. The molecule has 0 spiro atoms. The standard InChI is InChI=1S/C41H32BrCl2N3O9/c1-55-24-9-6-21(7-10-24)41-28(37(50)47(40(41)54)45-31-13-8-22(43)17-30(31)44)18-27-25(34(41)20-15-29(42)35(48)32(16-20)56-2)11-12-26-33(27)38(51)46(36(26)49)23-5-3-4-19(14-23)39(52)53/h3-11,13-17,26-28,33-34,45,48H,12,18H2,1-2H3,(H,52,53). The predicted octanol–water partition coefficient (Wildman–Crippen LogP) is 7.37. The van der Waals surface area contributed by atoms with Crippen molar-refractivity contribution in [2.45, 2.75) is 24.2 Å². The minimum absolute atomic E-state index is 0.00501. The van der Waals surface area contributed by atoms with Crippen molar-refractivity contribution in [3.63, 3.8) is 0 Å². The van der Waals surface area contributed by atoms with Gasteiger partial charge in [0.2, 0.25) is 11.8 Å². The molecule has 1 saturated carbocycles. The average Bonchev–Trinajstić information content (AvgIpc) is 3.57. The van der Waals surface area contributed by atoms with Crippen LogP contribution in [0.2, 0.25) is 10.0 Å². The lowest BCUT2D eigenvalue weighted by Gasteiger charge is -2.50. The number of aromatic carboxylic acids is 1. The number of methoxy groups -OCH3 is 2. The molecule has 4 aromatic rings. The minimum atomic E-state index is -1.65. The van der Waals surface area contributed by atoms with Gasteiger partial charge in [0.05, 0.1) is 63.8 Å². The molecular weight excluding hydrogens is 829 g/mol. The molecule has 3 N–H and O–H groups in total. The van der Waals surface area contributed by atoms with E-state index in [1.165, 1.54) is 44.6 Å². The molecule has 286 valence electrons. The van der Waals surface area contributed by atoms with E-state index < -0.39 is 64.6 Å². The van der Waals surface area contributed by atoms with Crippen molar-refractivity contribution in [2.75, 3.05) is 24.5 Å². The second-order valence-electron chi connectivity index (χ2n) is 14.1. The number of allylic oxidation sites excluding steroid dienone is 2. The van der Waals surface area contributed by atoms with Gasteiger partial charge in [-0.25, -0.2) is 4.79 Å². The van der Waals surface area contributed by atoms with Gasteiger partial charge in [-0.05, 0) is 106 Å². The number of ether oxygens (including phenoxy) is 2. The quantitative estimate of drug-likeness (QED) is 0.121. The van der Waals surface area contributed by atoms with Crippen LogP contribution >= 0.6 is 39.1 Å². The number of hydrogen-bond donors (Lipinski definition) is 3. The van der Waals surface area contributed by atoms with E-state index in [1.807, 2.05) is 6.08 Å². The van der Waals surface area contributed by atoms with Gasteiger partial charge in [-0.3, -0.25) is 29.5 Å². The number of imide groups is 2. The fourth-order valence-electron chi connectivity index (χ4n) is 9.17. The Morgan fingerprint density at radius 3 is 2.34 bits per heavy atom. The van der Waals surface area contributed by atoms with E-state index >= 15 is 4.79 Å². The van der Waals surface area contributed by atoms with Gasteiger partial charge in [-0.2, -0.15) is 5.01 Å². The summed E-state index contributed by atoms with van der Waals surface area (Å²) in [4.78, 5) is 72.1. The summed E-state index contributed by atoms with van der Waals surface area (Å²) in [6.45, 7) is 0. The third-order valence-corrected chi connectivity index (χ3v) is 12.7.